The van der Waals surface area contributed by atoms with Gasteiger partial charge < -0.3 is 4.74 Å². The van der Waals surface area contributed by atoms with Crippen molar-refractivity contribution in [2.75, 3.05) is 7.11 Å². The van der Waals surface area contributed by atoms with E-state index in [0.717, 1.165) is 16.7 Å². The highest BCUT2D eigenvalue weighted by atomic mass is 35.5. The molecule has 0 N–H and O–H groups in total. The third-order valence-corrected chi connectivity index (χ3v) is 3.52. The van der Waals surface area contributed by atoms with Gasteiger partial charge in [-0.1, -0.05) is 59.6 Å². The van der Waals surface area contributed by atoms with Crippen molar-refractivity contribution >= 4 is 34.7 Å². The Bertz CT molecular complexity index is 649. The lowest BCUT2D eigenvalue weighted by Gasteiger charge is -2.09. The van der Waals surface area contributed by atoms with Crippen LogP contribution in [0.1, 0.15) is 11.1 Å². The Morgan fingerprint density at radius 3 is 2.30 bits per heavy atom. The summed E-state index contributed by atoms with van der Waals surface area (Å²) in [6, 6.07) is 14.8. The van der Waals surface area contributed by atoms with Crippen LogP contribution in [0, 0.1) is 0 Å². The molecule has 0 atom stereocenters. The molecule has 2 aromatic rings. The highest BCUT2D eigenvalue weighted by molar-refractivity contribution is 6.42. The molecule has 20 heavy (non-hydrogen) atoms. The molecule has 4 heteroatoms. The highest BCUT2D eigenvalue weighted by Crippen LogP contribution is 2.29. The zero-order chi connectivity index (χ0) is 14.5. The van der Waals surface area contributed by atoms with Crippen LogP contribution in [0.15, 0.2) is 54.6 Å². The van der Waals surface area contributed by atoms with Gasteiger partial charge in [-0.25, -0.2) is 4.79 Å². The lowest BCUT2D eigenvalue weighted by atomic mass is 9.97. The molecule has 0 aliphatic carbocycles. The fraction of sp³-hybridized carbons (Fsp3) is 0.0625. The fourth-order valence-electron chi connectivity index (χ4n) is 1.79. The van der Waals surface area contributed by atoms with E-state index in [1.54, 1.807) is 12.1 Å². The first-order valence-electron chi connectivity index (χ1n) is 5.92. The second-order valence-corrected chi connectivity index (χ2v) is 4.89. The number of rotatable bonds is 3. The molecule has 0 amide bonds. The van der Waals surface area contributed by atoms with Gasteiger partial charge in [0.25, 0.3) is 0 Å². The number of carbonyl (C=O) groups excluding carboxylic acids is 1. The smallest absolute Gasteiger partial charge is 0.331 e. The van der Waals surface area contributed by atoms with Crippen LogP contribution in [0.2, 0.25) is 10.0 Å². The van der Waals surface area contributed by atoms with Crippen molar-refractivity contribution in [1.82, 2.24) is 0 Å². The lowest BCUT2D eigenvalue weighted by molar-refractivity contribution is -0.134. The average molecular weight is 307 g/mol. The summed E-state index contributed by atoms with van der Waals surface area (Å²) in [5.74, 6) is -0.421. The first-order chi connectivity index (χ1) is 9.61. The summed E-state index contributed by atoms with van der Waals surface area (Å²) in [4.78, 5) is 11.6. The summed E-state index contributed by atoms with van der Waals surface area (Å²) in [5, 5.41) is 0.914. The van der Waals surface area contributed by atoms with Gasteiger partial charge in [-0.3, -0.25) is 0 Å². The fourth-order valence-corrected chi connectivity index (χ4v) is 2.09. The van der Waals surface area contributed by atoms with Crippen LogP contribution in [0.5, 0.6) is 0 Å². The normalized spacial score (nSPS) is 11.2. The summed E-state index contributed by atoms with van der Waals surface area (Å²) < 4.78 is 4.70. The monoisotopic (exact) mass is 306 g/mol. The number of benzene rings is 2. The summed E-state index contributed by atoms with van der Waals surface area (Å²) >= 11 is 12.0. The first kappa shape index (κ1) is 14.6. The molecule has 0 aliphatic heterocycles. The molecule has 0 saturated heterocycles. The maximum atomic E-state index is 11.6. The van der Waals surface area contributed by atoms with Crippen LogP contribution < -0.4 is 0 Å². The van der Waals surface area contributed by atoms with Gasteiger partial charge in [-0.15, -0.1) is 0 Å². The van der Waals surface area contributed by atoms with Crippen molar-refractivity contribution in [2.24, 2.45) is 0 Å². The van der Waals surface area contributed by atoms with E-state index in [1.165, 1.54) is 13.2 Å². The molecule has 0 spiro atoms. The molecule has 0 heterocycles. The number of esters is 1. The van der Waals surface area contributed by atoms with Gasteiger partial charge in [0.15, 0.2) is 0 Å². The molecule has 2 nitrogen and oxygen atoms in total. The second-order valence-electron chi connectivity index (χ2n) is 4.08. The number of methoxy groups -OCH3 is 1. The Kier molecular flexibility index (Phi) is 4.83. The van der Waals surface area contributed by atoms with E-state index in [0.29, 0.717) is 10.0 Å². The third-order valence-electron chi connectivity index (χ3n) is 2.78. The second kappa shape index (κ2) is 6.60. The van der Waals surface area contributed by atoms with Gasteiger partial charge in [-0.05, 0) is 28.8 Å². The number of ether oxygens (including phenoxy) is 1. The summed E-state index contributed by atoms with van der Waals surface area (Å²) in [7, 11) is 1.34. The Hall–Kier alpha value is -1.77. The van der Waals surface area contributed by atoms with Crippen LogP contribution in [0.3, 0.4) is 0 Å². The molecular weight excluding hydrogens is 295 g/mol. The molecular formula is C16H12Cl2O2. The van der Waals surface area contributed by atoms with Crippen molar-refractivity contribution < 1.29 is 9.53 Å². The quantitative estimate of drug-likeness (QED) is 0.612. The molecule has 2 aromatic carbocycles. The highest BCUT2D eigenvalue weighted by Gasteiger charge is 2.09. The number of carbonyl (C=O) groups is 1. The van der Waals surface area contributed by atoms with E-state index in [9.17, 15) is 4.79 Å². The molecule has 0 unspecified atom stereocenters. The van der Waals surface area contributed by atoms with E-state index in [2.05, 4.69) is 0 Å². The minimum absolute atomic E-state index is 0.421. The Balaban J connectivity index is 2.55. The largest absolute Gasteiger partial charge is 0.466 e. The van der Waals surface area contributed by atoms with Crippen LogP contribution in [-0.2, 0) is 9.53 Å². The van der Waals surface area contributed by atoms with Crippen molar-refractivity contribution in [3.05, 3.63) is 75.8 Å². The van der Waals surface area contributed by atoms with Gasteiger partial charge >= 0.3 is 5.97 Å². The Labute approximate surface area is 127 Å². The topological polar surface area (TPSA) is 26.3 Å². The molecule has 0 bridgehead atoms. The standard InChI is InChI=1S/C16H12Cl2O2/c1-20-16(19)10-13(11-5-3-2-4-6-11)12-7-8-14(17)15(18)9-12/h2-10H,1H3/b13-10+. The summed E-state index contributed by atoms with van der Waals surface area (Å²) in [6.45, 7) is 0. The van der Waals surface area contributed by atoms with Crippen LogP contribution >= 0.6 is 23.2 Å². The van der Waals surface area contributed by atoms with Crippen LogP contribution in [0.25, 0.3) is 5.57 Å². The van der Waals surface area contributed by atoms with E-state index in [4.69, 9.17) is 27.9 Å². The molecule has 0 fully saturated rings. The molecule has 0 saturated carbocycles. The van der Waals surface area contributed by atoms with Crippen molar-refractivity contribution in [3.63, 3.8) is 0 Å². The molecule has 0 aliphatic rings. The maximum absolute atomic E-state index is 11.6. The zero-order valence-corrected chi connectivity index (χ0v) is 12.3. The van der Waals surface area contributed by atoms with E-state index in [-0.39, 0.29) is 0 Å². The number of halogens is 2. The number of hydrogen-bond acceptors (Lipinski definition) is 2. The predicted octanol–water partition coefficient (Wildman–Crippen LogP) is 4.60. The van der Waals surface area contributed by atoms with E-state index >= 15 is 0 Å². The Morgan fingerprint density at radius 1 is 1.00 bits per heavy atom. The van der Waals surface area contributed by atoms with Crippen molar-refractivity contribution in [1.29, 1.82) is 0 Å². The predicted molar refractivity (Wildman–Crippen MR) is 82.0 cm³/mol. The summed E-state index contributed by atoms with van der Waals surface area (Å²) in [5.41, 5.74) is 2.43. The van der Waals surface area contributed by atoms with Crippen LogP contribution in [-0.4, -0.2) is 13.1 Å². The van der Waals surface area contributed by atoms with Crippen molar-refractivity contribution in [3.8, 4) is 0 Å². The lowest BCUT2D eigenvalue weighted by Crippen LogP contribution is -1.98. The van der Waals surface area contributed by atoms with Crippen molar-refractivity contribution in [2.45, 2.75) is 0 Å². The first-order valence-corrected chi connectivity index (χ1v) is 6.68. The van der Waals surface area contributed by atoms with E-state index in [1.807, 2.05) is 36.4 Å². The minimum Gasteiger partial charge on any atom is -0.466 e. The van der Waals surface area contributed by atoms with Gasteiger partial charge in [0, 0.05) is 6.08 Å². The zero-order valence-electron chi connectivity index (χ0n) is 10.8. The molecule has 0 radical (unpaired) electrons. The third kappa shape index (κ3) is 3.41. The number of hydrogen-bond donors (Lipinski definition) is 0. The average Bonchev–Trinajstić information content (AvgIpc) is 2.48. The molecule has 2 rings (SSSR count). The Morgan fingerprint density at radius 2 is 1.70 bits per heavy atom. The van der Waals surface area contributed by atoms with Gasteiger partial charge in [0.05, 0.1) is 17.2 Å². The van der Waals surface area contributed by atoms with E-state index < -0.39 is 5.97 Å². The minimum atomic E-state index is -0.421. The maximum Gasteiger partial charge on any atom is 0.331 e. The summed E-state index contributed by atoms with van der Waals surface area (Å²) in [6.07, 6.45) is 1.44. The van der Waals surface area contributed by atoms with Gasteiger partial charge in [0.2, 0.25) is 0 Å². The molecule has 102 valence electrons. The van der Waals surface area contributed by atoms with Crippen LogP contribution in [0.4, 0.5) is 0 Å². The SMILES string of the molecule is COC(=O)/C=C(\c1ccccc1)c1ccc(Cl)c(Cl)c1. The molecule has 0 aromatic heterocycles. The van der Waals surface area contributed by atoms with Gasteiger partial charge in [-0.2, -0.15) is 0 Å². The van der Waals surface area contributed by atoms with Gasteiger partial charge in [0.1, 0.15) is 0 Å².